The summed E-state index contributed by atoms with van der Waals surface area (Å²) in [5.41, 5.74) is -0.126. The van der Waals surface area contributed by atoms with Gasteiger partial charge in [0, 0.05) is 26.7 Å². The van der Waals surface area contributed by atoms with Gasteiger partial charge in [0.15, 0.2) is 0 Å². The molecule has 6 nitrogen and oxygen atoms in total. The van der Waals surface area contributed by atoms with Crippen LogP contribution in [0, 0.1) is 22.9 Å². The van der Waals surface area contributed by atoms with E-state index in [1.54, 1.807) is 14.0 Å². The van der Waals surface area contributed by atoms with E-state index in [9.17, 15) is 14.5 Å². The van der Waals surface area contributed by atoms with Crippen LogP contribution in [0.2, 0.25) is 0 Å². The number of nitrogens with one attached hydrogen (secondary N) is 1. The first kappa shape index (κ1) is 14.7. The number of nitrogens with zero attached hydrogens (tertiary/aromatic N) is 1. The van der Waals surface area contributed by atoms with Crippen molar-refractivity contribution in [1.82, 2.24) is 0 Å². The Morgan fingerprint density at radius 3 is 2.90 bits per heavy atom. The van der Waals surface area contributed by atoms with Crippen molar-refractivity contribution >= 4 is 11.4 Å². The van der Waals surface area contributed by atoms with Gasteiger partial charge in [0.2, 0.25) is 0 Å². The van der Waals surface area contributed by atoms with Crippen molar-refractivity contribution in [3.63, 3.8) is 0 Å². The van der Waals surface area contributed by atoms with Crippen LogP contribution >= 0.6 is 0 Å². The summed E-state index contributed by atoms with van der Waals surface area (Å²) in [5, 5.41) is 14.0. The lowest BCUT2D eigenvalue weighted by Gasteiger charge is -2.26. The van der Waals surface area contributed by atoms with E-state index in [4.69, 9.17) is 9.47 Å². The van der Waals surface area contributed by atoms with E-state index in [0.717, 1.165) is 6.07 Å². The quantitative estimate of drug-likeness (QED) is 0.663. The predicted molar refractivity (Wildman–Crippen MR) is 71.5 cm³/mol. The zero-order chi connectivity index (χ0) is 14.8. The molecule has 0 aromatic heterocycles. The minimum atomic E-state index is -0.602. The molecule has 110 valence electrons. The summed E-state index contributed by atoms with van der Waals surface area (Å²) in [6.45, 7) is 2.97. The van der Waals surface area contributed by atoms with Crippen LogP contribution in [0.5, 0.6) is 0 Å². The summed E-state index contributed by atoms with van der Waals surface area (Å²) in [7, 11) is 1.58. The monoisotopic (exact) mass is 284 g/mol. The second-order valence-corrected chi connectivity index (χ2v) is 4.92. The summed E-state index contributed by atoms with van der Waals surface area (Å²) < 4.78 is 24.2. The fourth-order valence-electron chi connectivity index (χ4n) is 2.18. The van der Waals surface area contributed by atoms with Crippen LogP contribution in [0.4, 0.5) is 15.8 Å². The number of nitro benzene ring substituents is 1. The normalized spacial score (nSPS) is 21.9. The Hall–Kier alpha value is -1.73. The Kier molecular flexibility index (Phi) is 4.20. The zero-order valence-corrected chi connectivity index (χ0v) is 11.4. The van der Waals surface area contributed by atoms with Crippen molar-refractivity contribution in [2.24, 2.45) is 0 Å². The Labute approximate surface area is 116 Å². The highest BCUT2D eigenvalue weighted by molar-refractivity contribution is 5.63. The van der Waals surface area contributed by atoms with Crippen molar-refractivity contribution < 1.29 is 18.8 Å². The van der Waals surface area contributed by atoms with Gasteiger partial charge >= 0.3 is 0 Å². The van der Waals surface area contributed by atoms with E-state index < -0.39 is 16.3 Å². The van der Waals surface area contributed by atoms with E-state index in [0.29, 0.717) is 31.7 Å². The number of benzene rings is 1. The number of methoxy groups -OCH3 is 1. The lowest BCUT2D eigenvalue weighted by molar-refractivity contribution is -0.384. The van der Waals surface area contributed by atoms with E-state index in [1.807, 2.05) is 0 Å². The molecule has 1 aliphatic rings. The Morgan fingerprint density at radius 1 is 1.60 bits per heavy atom. The lowest BCUT2D eigenvalue weighted by atomic mass is 10.0. The minimum absolute atomic E-state index is 0.279. The molecule has 2 rings (SSSR count). The summed E-state index contributed by atoms with van der Waals surface area (Å²) in [5.74, 6) is -0.590. The number of ether oxygens (including phenoxy) is 2. The molecule has 1 heterocycles. The molecule has 1 aromatic carbocycles. The van der Waals surface area contributed by atoms with Crippen LogP contribution in [-0.2, 0) is 9.47 Å². The van der Waals surface area contributed by atoms with E-state index >= 15 is 0 Å². The van der Waals surface area contributed by atoms with E-state index in [1.165, 1.54) is 6.07 Å². The number of anilines is 1. The standard InChI is InChI=1S/C13H17FN2O4/c1-9-5-11(12(16(17)18)6-10(9)14)15-7-13(19-2)3-4-20-8-13/h5-6,15H,3-4,7-8H2,1-2H3. The van der Waals surface area contributed by atoms with Crippen molar-refractivity contribution in [3.05, 3.63) is 33.6 Å². The fourth-order valence-corrected chi connectivity index (χ4v) is 2.18. The first-order chi connectivity index (χ1) is 9.47. The lowest BCUT2D eigenvalue weighted by Crippen LogP contribution is -2.39. The average Bonchev–Trinajstić information content (AvgIpc) is 2.89. The summed E-state index contributed by atoms with van der Waals surface area (Å²) in [6, 6.07) is 2.37. The van der Waals surface area contributed by atoms with Crippen molar-refractivity contribution in [1.29, 1.82) is 0 Å². The number of hydrogen-bond donors (Lipinski definition) is 1. The molecule has 0 amide bonds. The number of nitro groups is 1. The highest BCUT2D eigenvalue weighted by Gasteiger charge is 2.35. The summed E-state index contributed by atoms with van der Waals surface area (Å²) in [6.07, 6.45) is 0.713. The molecule has 20 heavy (non-hydrogen) atoms. The highest BCUT2D eigenvalue weighted by Crippen LogP contribution is 2.29. The summed E-state index contributed by atoms with van der Waals surface area (Å²) in [4.78, 5) is 10.4. The second-order valence-electron chi connectivity index (χ2n) is 4.92. The van der Waals surface area contributed by atoms with Gasteiger partial charge < -0.3 is 14.8 Å². The van der Waals surface area contributed by atoms with Crippen molar-refractivity contribution in [2.45, 2.75) is 18.9 Å². The molecule has 1 aliphatic heterocycles. The molecule has 0 aliphatic carbocycles. The van der Waals surface area contributed by atoms with E-state index in [-0.39, 0.29) is 11.4 Å². The highest BCUT2D eigenvalue weighted by atomic mass is 19.1. The Balaban J connectivity index is 2.20. The van der Waals surface area contributed by atoms with Crippen LogP contribution in [0.15, 0.2) is 12.1 Å². The van der Waals surface area contributed by atoms with Gasteiger partial charge in [0.25, 0.3) is 5.69 Å². The molecule has 1 N–H and O–H groups in total. The van der Waals surface area contributed by atoms with Crippen molar-refractivity contribution in [3.8, 4) is 0 Å². The molecular formula is C13H17FN2O4. The van der Waals surface area contributed by atoms with Gasteiger partial charge in [-0.15, -0.1) is 0 Å². The number of aryl methyl sites for hydroxylation is 1. The van der Waals surface area contributed by atoms with E-state index in [2.05, 4.69) is 5.32 Å². The largest absolute Gasteiger partial charge is 0.378 e. The smallest absolute Gasteiger partial charge is 0.295 e. The Morgan fingerprint density at radius 2 is 2.35 bits per heavy atom. The molecule has 1 aromatic rings. The molecule has 1 unspecified atom stereocenters. The average molecular weight is 284 g/mol. The van der Waals surface area contributed by atoms with Crippen LogP contribution in [-0.4, -0.2) is 37.4 Å². The Bertz CT molecular complexity index is 515. The molecule has 0 bridgehead atoms. The fraction of sp³-hybridized carbons (Fsp3) is 0.538. The van der Waals surface area contributed by atoms with Crippen LogP contribution in [0.25, 0.3) is 0 Å². The third kappa shape index (κ3) is 2.88. The third-order valence-electron chi connectivity index (χ3n) is 3.57. The molecule has 1 fully saturated rings. The molecule has 7 heteroatoms. The first-order valence-corrected chi connectivity index (χ1v) is 6.29. The first-order valence-electron chi connectivity index (χ1n) is 6.29. The molecule has 1 saturated heterocycles. The number of hydrogen-bond acceptors (Lipinski definition) is 5. The number of halogens is 1. The maximum Gasteiger partial charge on any atom is 0.295 e. The molecular weight excluding hydrogens is 267 g/mol. The van der Waals surface area contributed by atoms with Crippen LogP contribution < -0.4 is 5.32 Å². The minimum Gasteiger partial charge on any atom is -0.378 e. The van der Waals surface area contributed by atoms with Gasteiger partial charge in [-0.2, -0.15) is 0 Å². The number of rotatable bonds is 5. The third-order valence-corrected chi connectivity index (χ3v) is 3.57. The SMILES string of the molecule is COC1(CNc2cc(C)c(F)cc2[N+](=O)[O-])CCOC1. The van der Waals surface area contributed by atoms with Gasteiger partial charge in [-0.05, 0) is 18.6 Å². The zero-order valence-electron chi connectivity index (χ0n) is 11.4. The molecule has 0 saturated carbocycles. The summed E-state index contributed by atoms with van der Waals surface area (Å²) >= 11 is 0. The van der Waals surface area contributed by atoms with Gasteiger partial charge in [0.1, 0.15) is 17.1 Å². The van der Waals surface area contributed by atoms with Crippen LogP contribution in [0.3, 0.4) is 0 Å². The van der Waals surface area contributed by atoms with Gasteiger partial charge in [0.05, 0.1) is 17.6 Å². The molecule has 0 spiro atoms. The molecule has 1 atom stereocenters. The van der Waals surface area contributed by atoms with Gasteiger partial charge in [-0.3, -0.25) is 10.1 Å². The van der Waals surface area contributed by atoms with Gasteiger partial charge in [-0.1, -0.05) is 0 Å². The van der Waals surface area contributed by atoms with Gasteiger partial charge in [-0.25, -0.2) is 4.39 Å². The predicted octanol–water partition coefficient (Wildman–Crippen LogP) is 2.26. The van der Waals surface area contributed by atoms with Crippen LogP contribution in [0.1, 0.15) is 12.0 Å². The maximum absolute atomic E-state index is 13.4. The maximum atomic E-state index is 13.4. The van der Waals surface area contributed by atoms with Crippen molar-refractivity contribution in [2.75, 3.05) is 32.2 Å². The molecule has 0 radical (unpaired) electrons. The second kappa shape index (κ2) is 5.72. The topological polar surface area (TPSA) is 73.6 Å².